The van der Waals surface area contributed by atoms with Crippen molar-refractivity contribution in [2.75, 3.05) is 13.1 Å². The van der Waals surface area contributed by atoms with Gasteiger partial charge in [-0.3, -0.25) is 4.79 Å². The van der Waals surface area contributed by atoms with Gasteiger partial charge in [-0.25, -0.2) is 4.79 Å². The highest BCUT2D eigenvalue weighted by Gasteiger charge is 2.39. The van der Waals surface area contributed by atoms with Gasteiger partial charge in [-0.05, 0) is 52.9 Å². The van der Waals surface area contributed by atoms with Gasteiger partial charge in [-0.2, -0.15) is 0 Å². The van der Waals surface area contributed by atoms with Crippen LogP contribution in [0.1, 0.15) is 59.8 Å². The molecule has 130 valence electrons. The number of amides is 2. The molecule has 0 aromatic rings. The van der Waals surface area contributed by atoms with Gasteiger partial charge >= 0.3 is 6.09 Å². The van der Waals surface area contributed by atoms with Crippen molar-refractivity contribution in [3.05, 3.63) is 12.2 Å². The molecule has 0 unspecified atom stereocenters. The van der Waals surface area contributed by atoms with E-state index in [1.54, 1.807) is 4.90 Å². The van der Waals surface area contributed by atoms with Crippen molar-refractivity contribution in [2.24, 2.45) is 5.41 Å². The van der Waals surface area contributed by atoms with Gasteiger partial charge in [0.1, 0.15) is 5.60 Å². The van der Waals surface area contributed by atoms with Crippen LogP contribution in [0.25, 0.3) is 0 Å². The fourth-order valence-corrected chi connectivity index (χ4v) is 3.01. The normalized spacial score (nSPS) is 24.2. The van der Waals surface area contributed by atoms with Crippen LogP contribution in [0.5, 0.6) is 0 Å². The zero-order valence-corrected chi connectivity index (χ0v) is 14.9. The fourth-order valence-electron chi connectivity index (χ4n) is 3.01. The second-order valence-electron chi connectivity index (χ2n) is 7.97. The molecule has 0 bridgehead atoms. The largest absolute Gasteiger partial charge is 0.444 e. The van der Waals surface area contributed by atoms with Crippen molar-refractivity contribution in [2.45, 2.75) is 71.4 Å². The Hall–Kier alpha value is -1.52. The lowest BCUT2D eigenvalue weighted by Gasteiger charge is -2.39. The first-order valence-electron chi connectivity index (χ1n) is 8.65. The molecule has 0 saturated carbocycles. The molecule has 1 N–H and O–H groups in total. The van der Waals surface area contributed by atoms with E-state index in [9.17, 15) is 9.59 Å². The Balaban J connectivity index is 1.86. The van der Waals surface area contributed by atoms with Crippen LogP contribution in [0.2, 0.25) is 0 Å². The Morgan fingerprint density at radius 1 is 1.26 bits per heavy atom. The van der Waals surface area contributed by atoms with E-state index in [0.717, 1.165) is 19.3 Å². The lowest BCUT2D eigenvalue weighted by molar-refractivity contribution is -0.133. The summed E-state index contributed by atoms with van der Waals surface area (Å²) in [5, 5.41) is 3.15. The van der Waals surface area contributed by atoms with E-state index < -0.39 is 11.0 Å². The molecule has 1 fully saturated rings. The lowest BCUT2D eigenvalue weighted by atomic mass is 9.79. The van der Waals surface area contributed by atoms with Gasteiger partial charge in [0, 0.05) is 24.5 Å². The molecule has 2 amide bonds. The zero-order chi connectivity index (χ0) is 17.1. The van der Waals surface area contributed by atoms with Crippen LogP contribution in [0.4, 0.5) is 4.79 Å². The predicted molar refractivity (Wildman–Crippen MR) is 90.1 cm³/mol. The molecule has 0 aromatic heterocycles. The maximum Gasteiger partial charge on any atom is 0.410 e. The molecular weight excluding hydrogens is 292 g/mol. The Labute approximate surface area is 139 Å². The summed E-state index contributed by atoms with van der Waals surface area (Å²) in [6, 6.07) is 0.164. The van der Waals surface area contributed by atoms with Gasteiger partial charge in [0.05, 0.1) is 0 Å². The average molecular weight is 322 g/mol. The van der Waals surface area contributed by atoms with E-state index in [4.69, 9.17) is 4.74 Å². The van der Waals surface area contributed by atoms with E-state index >= 15 is 0 Å². The number of ether oxygens (including phenoxy) is 1. The highest BCUT2D eigenvalue weighted by atomic mass is 16.6. The minimum atomic E-state index is -0.484. The Morgan fingerprint density at radius 2 is 1.91 bits per heavy atom. The number of nitrogens with zero attached hydrogens (tertiary/aromatic N) is 1. The molecule has 1 atom stereocenters. The van der Waals surface area contributed by atoms with Crippen LogP contribution in [0.15, 0.2) is 12.2 Å². The molecule has 5 nitrogen and oxygen atoms in total. The first-order valence-corrected chi connectivity index (χ1v) is 8.65. The van der Waals surface area contributed by atoms with Crippen LogP contribution in [0, 0.1) is 5.41 Å². The van der Waals surface area contributed by atoms with Gasteiger partial charge in [0.25, 0.3) is 0 Å². The van der Waals surface area contributed by atoms with Gasteiger partial charge in [-0.1, -0.05) is 19.1 Å². The summed E-state index contributed by atoms with van der Waals surface area (Å²) >= 11 is 0. The first-order chi connectivity index (χ1) is 10.7. The molecule has 2 rings (SSSR count). The maximum absolute atomic E-state index is 12.6. The number of likely N-dealkylation sites (tertiary alicyclic amines) is 1. The van der Waals surface area contributed by atoms with Gasteiger partial charge < -0.3 is 15.0 Å². The van der Waals surface area contributed by atoms with Crippen molar-refractivity contribution >= 4 is 12.0 Å². The number of allylic oxidation sites excluding steroid dienone is 1. The SMILES string of the molecule is CC(C)(C)OC(=O)N1CCC(C)(C(=O)N[C@H]2C=CCCC2)CC1. The highest BCUT2D eigenvalue weighted by Crippen LogP contribution is 2.32. The number of rotatable bonds is 2. The van der Waals surface area contributed by atoms with Crippen molar-refractivity contribution < 1.29 is 14.3 Å². The van der Waals surface area contributed by atoms with Gasteiger partial charge in [-0.15, -0.1) is 0 Å². The predicted octanol–water partition coefficient (Wildman–Crippen LogP) is 3.25. The molecule has 0 aromatic carbocycles. The lowest BCUT2D eigenvalue weighted by Crippen LogP contribution is -2.51. The molecule has 1 saturated heterocycles. The summed E-state index contributed by atoms with van der Waals surface area (Å²) in [4.78, 5) is 26.4. The van der Waals surface area contributed by atoms with Gasteiger partial charge in [0.2, 0.25) is 5.91 Å². The number of hydrogen-bond donors (Lipinski definition) is 1. The molecule has 2 aliphatic rings. The summed E-state index contributed by atoms with van der Waals surface area (Å²) in [5.41, 5.74) is -0.883. The van der Waals surface area contributed by atoms with E-state index in [0.29, 0.717) is 25.9 Å². The molecule has 23 heavy (non-hydrogen) atoms. The maximum atomic E-state index is 12.6. The third-order valence-electron chi connectivity index (χ3n) is 4.64. The molecule has 1 aliphatic heterocycles. The average Bonchev–Trinajstić information content (AvgIpc) is 2.47. The van der Waals surface area contributed by atoms with Crippen molar-refractivity contribution in [3.63, 3.8) is 0 Å². The van der Waals surface area contributed by atoms with Crippen molar-refractivity contribution in [1.82, 2.24) is 10.2 Å². The molecule has 1 aliphatic carbocycles. The standard InChI is InChI=1S/C18H30N2O3/c1-17(2,3)23-16(22)20-12-10-18(4,11-13-20)15(21)19-14-8-6-5-7-9-14/h6,8,14H,5,7,9-13H2,1-4H3,(H,19,21)/t14-/m0/s1. The topological polar surface area (TPSA) is 58.6 Å². The Morgan fingerprint density at radius 3 is 2.43 bits per heavy atom. The van der Waals surface area contributed by atoms with E-state index in [1.165, 1.54) is 0 Å². The summed E-state index contributed by atoms with van der Waals surface area (Å²) in [7, 11) is 0. The molecule has 0 radical (unpaired) electrons. The van der Waals surface area contributed by atoms with Crippen LogP contribution in [-0.4, -0.2) is 41.6 Å². The van der Waals surface area contributed by atoms with E-state index in [-0.39, 0.29) is 18.0 Å². The smallest absolute Gasteiger partial charge is 0.410 e. The summed E-state index contributed by atoms with van der Waals surface area (Å²) < 4.78 is 5.40. The second kappa shape index (κ2) is 6.93. The Kier molecular flexibility index (Phi) is 5.37. The summed E-state index contributed by atoms with van der Waals surface area (Å²) in [6.45, 7) is 8.73. The molecule has 1 heterocycles. The fraction of sp³-hybridized carbons (Fsp3) is 0.778. The molecule has 0 spiro atoms. The third kappa shape index (κ3) is 4.98. The van der Waals surface area contributed by atoms with E-state index in [1.807, 2.05) is 27.7 Å². The second-order valence-corrected chi connectivity index (χ2v) is 7.97. The van der Waals surface area contributed by atoms with Crippen molar-refractivity contribution in [1.29, 1.82) is 0 Å². The molecular formula is C18H30N2O3. The zero-order valence-electron chi connectivity index (χ0n) is 14.9. The number of hydrogen-bond acceptors (Lipinski definition) is 3. The number of carbonyl (C=O) groups excluding carboxylic acids is 2. The minimum Gasteiger partial charge on any atom is -0.444 e. The van der Waals surface area contributed by atoms with Gasteiger partial charge in [0.15, 0.2) is 0 Å². The monoisotopic (exact) mass is 322 g/mol. The van der Waals surface area contributed by atoms with Crippen LogP contribution in [0.3, 0.4) is 0 Å². The minimum absolute atomic E-state index is 0.109. The quantitative estimate of drug-likeness (QED) is 0.794. The number of nitrogens with one attached hydrogen (secondary N) is 1. The number of carbonyl (C=O) groups is 2. The first kappa shape index (κ1) is 17.8. The van der Waals surface area contributed by atoms with E-state index in [2.05, 4.69) is 17.5 Å². The molecule has 5 heteroatoms. The van der Waals surface area contributed by atoms with Crippen LogP contribution >= 0.6 is 0 Å². The number of piperidine rings is 1. The highest BCUT2D eigenvalue weighted by molar-refractivity contribution is 5.83. The Bertz CT molecular complexity index is 471. The van der Waals surface area contributed by atoms with Crippen LogP contribution < -0.4 is 5.32 Å². The summed E-state index contributed by atoms with van der Waals surface area (Å²) in [6.07, 6.45) is 8.56. The van der Waals surface area contributed by atoms with Crippen LogP contribution in [-0.2, 0) is 9.53 Å². The van der Waals surface area contributed by atoms with Crippen molar-refractivity contribution in [3.8, 4) is 0 Å². The summed E-state index contributed by atoms with van der Waals surface area (Å²) in [5.74, 6) is 0.109. The third-order valence-corrected chi connectivity index (χ3v) is 4.64.